The Bertz CT molecular complexity index is 1160. The molecule has 0 radical (unpaired) electrons. The summed E-state index contributed by atoms with van der Waals surface area (Å²) in [6.07, 6.45) is 1.64. The molecule has 152 valence electrons. The standard InChI is InChI=1S/C24H21NO5/c1-27-23-14-19-18(13-20(23)26)21(10-11-25-19)30-22-9-8-17(12-24(22)28-2)29-15-16-6-4-3-5-7-16/h3-14,26H,15H2,1-2H3. The molecule has 6 nitrogen and oxygen atoms in total. The molecular formula is C24H21NO5. The second kappa shape index (κ2) is 8.61. The Hall–Kier alpha value is -3.93. The third kappa shape index (κ3) is 4.07. The number of nitrogens with zero attached hydrogens (tertiary/aromatic N) is 1. The van der Waals surface area contributed by atoms with Gasteiger partial charge in [-0.1, -0.05) is 30.3 Å². The van der Waals surface area contributed by atoms with Crippen molar-refractivity contribution in [1.29, 1.82) is 0 Å². The van der Waals surface area contributed by atoms with E-state index in [0.29, 0.717) is 46.3 Å². The number of hydrogen-bond donors (Lipinski definition) is 1. The quantitative estimate of drug-likeness (QED) is 0.450. The number of pyridine rings is 1. The van der Waals surface area contributed by atoms with E-state index >= 15 is 0 Å². The largest absolute Gasteiger partial charge is 0.504 e. The molecule has 1 aromatic heterocycles. The number of aromatic nitrogens is 1. The Kier molecular flexibility index (Phi) is 5.57. The van der Waals surface area contributed by atoms with Crippen LogP contribution in [0.5, 0.6) is 34.5 Å². The lowest BCUT2D eigenvalue weighted by Crippen LogP contribution is -1.97. The summed E-state index contributed by atoms with van der Waals surface area (Å²) in [5, 5.41) is 10.8. The minimum atomic E-state index is 0.0134. The van der Waals surface area contributed by atoms with Crippen molar-refractivity contribution in [2.75, 3.05) is 14.2 Å². The summed E-state index contributed by atoms with van der Waals surface area (Å²) in [5.41, 5.74) is 1.72. The normalized spacial score (nSPS) is 10.6. The van der Waals surface area contributed by atoms with E-state index in [2.05, 4.69) is 4.98 Å². The van der Waals surface area contributed by atoms with Crippen LogP contribution in [0.1, 0.15) is 5.56 Å². The third-order valence-electron chi connectivity index (χ3n) is 4.61. The van der Waals surface area contributed by atoms with E-state index in [-0.39, 0.29) is 5.75 Å². The fourth-order valence-corrected chi connectivity index (χ4v) is 3.07. The van der Waals surface area contributed by atoms with Gasteiger partial charge in [-0.15, -0.1) is 0 Å². The van der Waals surface area contributed by atoms with Crippen molar-refractivity contribution in [3.63, 3.8) is 0 Å². The van der Waals surface area contributed by atoms with Crippen molar-refractivity contribution in [2.24, 2.45) is 0 Å². The molecule has 1 N–H and O–H groups in total. The van der Waals surface area contributed by atoms with E-state index in [1.165, 1.54) is 7.11 Å². The average Bonchev–Trinajstić information content (AvgIpc) is 2.79. The third-order valence-corrected chi connectivity index (χ3v) is 4.61. The van der Waals surface area contributed by atoms with Crippen LogP contribution in [0.4, 0.5) is 0 Å². The van der Waals surface area contributed by atoms with Gasteiger partial charge in [-0.05, 0) is 29.8 Å². The van der Waals surface area contributed by atoms with Gasteiger partial charge < -0.3 is 24.1 Å². The van der Waals surface area contributed by atoms with E-state index in [4.69, 9.17) is 18.9 Å². The van der Waals surface area contributed by atoms with Crippen molar-refractivity contribution in [3.8, 4) is 34.5 Å². The molecule has 0 spiro atoms. The topological polar surface area (TPSA) is 70.0 Å². The SMILES string of the molecule is COc1cc2nccc(Oc3ccc(OCc4ccccc4)cc3OC)c2cc1O. The number of aromatic hydroxyl groups is 1. The maximum Gasteiger partial charge on any atom is 0.169 e. The maximum atomic E-state index is 10.1. The summed E-state index contributed by atoms with van der Waals surface area (Å²) in [6, 6.07) is 20.3. The van der Waals surface area contributed by atoms with Crippen LogP contribution in [0, 0.1) is 0 Å². The van der Waals surface area contributed by atoms with Crippen LogP contribution in [0.25, 0.3) is 10.9 Å². The molecule has 4 rings (SSSR count). The van der Waals surface area contributed by atoms with Crippen LogP contribution in [0.15, 0.2) is 72.9 Å². The number of ether oxygens (including phenoxy) is 4. The molecule has 0 atom stereocenters. The van der Waals surface area contributed by atoms with Crippen LogP contribution in [0.3, 0.4) is 0 Å². The number of phenolic OH excluding ortho intramolecular Hbond substituents is 1. The molecule has 0 saturated heterocycles. The highest BCUT2D eigenvalue weighted by Crippen LogP contribution is 2.39. The molecule has 1 heterocycles. The van der Waals surface area contributed by atoms with Crippen molar-refractivity contribution < 1.29 is 24.1 Å². The second-order valence-corrected chi connectivity index (χ2v) is 6.54. The van der Waals surface area contributed by atoms with Crippen LogP contribution in [-0.2, 0) is 6.61 Å². The summed E-state index contributed by atoms with van der Waals surface area (Å²) >= 11 is 0. The Balaban J connectivity index is 1.59. The molecule has 0 amide bonds. The first-order valence-electron chi connectivity index (χ1n) is 9.36. The number of rotatable bonds is 7. The maximum absolute atomic E-state index is 10.1. The number of benzene rings is 3. The molecule has 0 aliphatic heterocycles. The van der Waals surface area contributed by atoms with Gasteiger partial charge in [0.2, 0.25) is 0 Å². The molecule has 4 aromatic rings. The van der Waals surface area contributed by atoms with E-state index < -0.39 is 0 Å². The van der Waals surface area contributed by atoms with Gasteiger partial charge in [0.1, 0.15) is 18.1 Å². The molecule has 0 aliphatic rings. The summed E-state index contributed by atoms with van der Waals surface area (Å²) < 4.78 is 22.6. The average molecular weight is 403 g/mol. The Labute approximate surface area is 174 Å². The fraction of sp³-hybridized carbons (Fsp3) is 0.125. The van der Waals surface area contributed by atoms with E-state index in [1.807, 2.05) is 36.4 Å². The number of fused-ring (bicyclic) bond motifs is 1. The van der Waals surface area contributed by atoms with Crippen molar-refractivity contribution in [3.05, 3.63) is 78.5 Å². The van der Waals surface area contributed by atoms with Crippen molar-refractivity contribution in [1.82, 2.24) is 4.98 Å². The van der Waals surface area contributed by atoms with Gasteiger partial charge in [0, 0.05) is 23.7 Å². The van der Waals surface area contributed by atoms with Crippen LogP contribution >= 0.6 is 0 Å². The summed E-state index contributed by atoms with van der Waals surface area (Å²) in [4.78, 5) is 4.32. The zero-order valence-corrected chi connectivity index (χ0v) is 16.7. The van der Waals surface area contributed by atoms with Crippen LogP contribution in [0.2, 0.25) is 0 Å². The zero-order chi connectivity index (χ0) is 20.9. The van der Waals surface area contributed by atoms with E-state index in [9.17, 15) is 5.11 Å². The highest BCUT2D eigenvalue weighted by molar-refractivity contribution is 5.88. The second-order valence-electron chi connectivity index (χ2n) is 6.54. The molecule has 0 bridgehead atoms. The number of hydrogen-bond acceptors (Lipinski definition) is 6. The van der Waals surface area contributed by atoms with Crippen LogP contribution in [-0.4, -0.2) is 24.3 Å². The first kappa shape index (κ1) is 19.4. The fourth-order valence-electron chi connectivity index (χ4n) is 3.07. The van der Waals surface area contributed by atoms with E-state index in [0.717, 1.165) is 5.56 Å². The smallest absolute Gasteiger partial charge is 0.169 e. The minimum Gasteiger partial charge on any atom is -0.504 e. The zero-order valence-electron chi connectivity index (χ0n) is 16.7. The van der Waals surface area contributed by atoms with Gasteiger partial charge in [0.15, 0.2) is 23.0 Å². The number of phenols is 1. The molecule has 3 aromatic carbocycles. The first-order chi connectivity index (χ1) is 14.7. The van der Waals surface area contributed by atoms with Gasteiger partial charge in [-0.25, -0.2) is 0 Å². The number of methoxy groups -OCH3 is 2. The lowest BCUT2D eigenvalue weighted by molar-refractivity contribution is 0.302. The lowest BCUT2D eigenvalue weighted by atomic mass is 10.2. The minimum absolute atomic E-state index is 0.0134. The predicted molar refractivity (Wildman–Crippen MR) is 114 cm³/mol. The highest BCUT2D eigenvalue weighted by Gasteiger charge is 2.13. The summed E-state index contributed by atoms with van der Waals surface area (Å²) in [7, 11) is 3.07. The molecule has 0 aliphatic carbocycles. The van der Waals surface area contributed by atoms with Gasteiger partial charge in [-0.3, -0.25) is 4.98 Å². The molecule has 0 fully saturated rings. The van der Waals surface area contributed by atoms with Gasteiger partial charge >= 0.3 is 0 Å². The first-order valence-corrected chi connectivity index (χ1v) is 9.36. The highest BCUT2D eigenvalue weighted by atomic mass is 16.5. The van der Waals surface area contributed by atoms with Crippen LogP contribution < -0.4 is 18.9 Å². The molecular weight excluding hydrogens is 382 g/mol. The van der Waals surface area contributed by atoms with Gasteiger partial charge in [0.05, 0.1) is 19.7 Å². The summed E-state index contributed by atoms with van der Waals surface area (Å²) in [5.74, 6) is 2.62. The predicted octanol–water partition coefficient (Wildman–Crippen LogP) is 5.33. The van der Waals surface area contributed by atoms with E-state index in [1.54, 1.807) is 43.6 Å². The molecule has 0 unspecified atom stereocenters. The Morgan fingerprint density at radius 2 is 1.60 bits per heavy atom. The monoisotopic (exact) mass is 403 g/mol. The molecule has 6 heteroatoms. The summed E-state index contributed by atoms with van der Waals surface area (Å²) in [6.45, 7) is 0.459. The lowest BCUT2D eigenvalue weighted by Gasteiger charge is -2.14. The van der Waals surface area contributed by atoms with Gasteiger partial charge in [-0.2, -0.15) is 0 Å². The molecule has 0 saturated carbocycles. The molecule has 30 heavy (non-hydrogen) atoms. The Morgan fingerprint density at radius 3 is 2.37 bits per heavy atom. The van der Waals surface area contributed by atoms with Gasteiger partial charge in [0.25, 0.3) is 0 Å². The van der Waals surface area contributed by atoms with Crippen molar-refractivity contribution >= 4 is 10.9 Å². The Morgan fingerprint density at radius 1 is 0.800 bits per heavy atom. The van der Waals surface area contributed by atoms with Crippen molar-refractivity contribution in [2.45, 2.75) is 6.61 Å².